The van der Waals surface area contributed by atoms with E-state index in [1.54, 1.807) is 0 Å². The topological polar surface area (TPSA) is 12.0 Å². The Labute approximate surface area is 104 Å². The molecule has 0 aliphatic heterocycles. The van der Waals surface area contributed by atoms with E-state index in [0.29, 0.717) is 5.92 Å². The quantitative estimate of drug-likeness (QED) is 0.833. The highest BCUT2D eigenvalue weighted by Gasteiger charge is 1.99. The monoisotopic (exact) mass is 323 g/mol. The Morgan fingerprint density at radius 1 is 1.43 bits per heavy atom. The SMILES string of the molecule is CC(C)CNCc1ccc(I)c(Cl)c1. The smallest absolute Gasteiger partial charge is 0.0542 e. The van der Waals surface area contributed by atoms with Crippen molar-refractivity contribution in [2.24, 2.45) is 5.92 Å². The number of hydrogen-bond donors (Lipinski definition) is 1. The van der Waals surface area contributed by atoms with Crippen LogP contribution in [-0.2, 0) is 6.54 Å². The maximum atomic E-state index is 6.02. The Balaban J connectivity index is 2.47. The van der Waals surface area contributed by atoms with Crippen molar-refractivity contribution >= 4 is 34.2 Å². The summed E-state index contributed by atoms with van der Waals surface area (Å²) in [6.07, 6.45) is 0. The molecule has 0 aromatic heterocycles. The molecule has 0 aliphatic carbocycles. The van der Waals surface area contributed by atoms with Gasteiger partial charge in [-0.1, -0.05) is 31.5 Å². The van der Waals surface area contributed by atoms with E-state index >= 15 is 0 Å². The van der Waals surface area contributed by atoms with Gasteiger partial charge in [0.15, 0.2) is 0 Å². The van der Waals surface area contributed by atoms with E-state index in [1.807, 2.05) is 6.07 Å². The molecule has 78 valence electrons. The summed E-state index contributed by atoms with van der Waals surface area (Å²) < 4.78 is 1.11. The zero-order valence-corrected chi connectivity index (χ0v) is 11.4. The summed E-state index contributed by atoms with van der Waals surface area (Å²) in [5.74, 6) is 0.689. The highest BCUT2D eigenvalue weighted by molar-refractivity contribution is 14.1. The molecule has 0 unspecified atom stereocenters. The predicted molar refractivity (Wildman–Crippen MR) is 70.7 cm³/mol. The van der Waals surface area contributed by atoms with E-state index in [2.05, 4.69) is 53.9 Å². The molecule has 0 saturated heterocycles. The van der Waals surface area contributed by atoms with Crippen LogP contribution in [0, 0.1) is 9.49 Å². The number of hydrogen-bond acceptors (Lipinski definition) is 1. The summed E-state index contributed by atoms with van der Waals surface area (Å²) in [4.78, 5) is 0. The molecule has 0 amide bonds. The zero-order valence-electron chi connectivity index (χ0n) is 8.48. The van der Waals surface area contributed by atoms with Crippen molar-refractivity contribution in [3.63, 3.8) is 0 Å². The second-order valence-electron chi connectivity index (χ2n) is 3.77. The first-order valence-corrected chi connectivity index (χ1v) is 6.20. The van der Waals surface area contributed by atoms with E-state index in [9.17, 15) is 0 Å². The van der Waals surface area contributed by atoms with Crippen molar-refractivity contribution in [3.05, 3.63) is 32.4 Å². The Morgan fingerprint density at radius 2 is 2.14 bits per heavy atom. The molecule has 1 aromatic carbocycles. The lowest BCUT2D eigenvalue weighted by Gasteiger charge is -2.07. The van der Waals surface area contributed by atoms with E-state index < -0.39 is 0 Å². The van der Waals surface area contributed by atoms with Gasteiger partial charge in [0.1, 0.15) is 0 Å². The average Bonchev–Trinajstić information content (AvgIpc) is 2.10. The summed E-state index contributed by atoms with van der Waals surface area (Å²) in [6.45, 7) is 6.35. The number of halogens is 2. The van der Waals surface area contributed by atoms with Gasteiger partial charge in [0.2, 0.25) is 0 Å². The van der Waals surface area contributed by atoms with E-state index in [1.165, 1.54) is 5.56 Å². The standard InChI is InChI=1S/C11H15ClIN/c1-8(2)6-14-7-9-3-4-11(13)10(12)5-9/h3-5,8,14H,6-7H2,1-2H3. The van der Waals surface area contributed by atoms with Gasteiger partial charge in [0, 0.05) is 10.1 Å². The van der Waals surface area contributed by atoms with E-state index in [-0.39, 0.29) is 0 Å². The predicted octanol–water partition coefficient (Wildman–Crippen LogP) is 3.69. The second kappa shape index (κ2) is 5.93. The Hall–Kier alpha value is 0.200. The molecular weight excluding hydrogens is 308 g/mol. The maximum Gasteiger partial charge on any atom is 0.0542 e. The van der Waals surface area contributed by atoms with E-state index in [4.69, 9.17) is 11.6 Å². The van der Waals surface area contributed by atoms with Gasteiger partial charge in [-0.3, -0.25) is 0 Å². The minimum Gasteiger partial charge on any atom is -0.312 e. The highest BCUT2D eigenvalue weighted by Crippen LogP contribution is 2.19. The fourth-order valence-electron chi connectivity index (χ4n) is 1.15. The molecule has 1 rings (SSSR count). The molecule has 0 fully saturated rings. The molecule has 0 aliphatic rings. The van der Waals surface area contributed by atoms with Crippen molar-refractivity contribution in [3.8, 4) is 0 Å². The molecule has 1 N–H and O–H groups in total. The van der Waals surface area contributed by atoms with Crippen LogP contribution in [0.4, 0.5) is 0 Å². The highest BCUT2D eigenvalue weighted by atomic mass is 127. The molecule has 0 bridgehead atoms. The minimum absolute atomic E-state index is 0.689. The largest absolute Gasteiger partial charge is 0.312 e. The summed E-state index contributed by atoms with van der Waals surface area (Å²) in [5.41, 5.74) is 1.25. The third-order valence-corrected chi connectivity index (χ3v) is 3.44. The third-order valence-electron chi connectivity index (χ3n) is 1.87. The van der Waals surface area contributed by atoms with Crippen LogP contribution in [0.5, 0.6) is 0 Å². The van der Waals surface area contributed by atoms with Crippen LogP contribution in [0.15, 0.2) is 18.2 Å². The van der Waals surface area contributed by atoms with Crippen LogP contribution in [0.1, 0.15) is 19.4 Å². The molecule has 0 saturated carbocycles. The third kappa shape index (κ3) is 4.15. The summed E-state index contributed by atoms with van der Waals surface area (Å²) in [7, 11) is 0. The van der Waals surface area contributed by atoms with Gasteiger partial charge in [0.25, 0.3) is 0 Å². The maximum absolute atomic E-state index is 6.02. The molecule has 1 aromatic rings. The fourth-order valence-corrected chi connectivity index (χ4v) is 1.69. The number of benzene rings is 1. The van der Waals surface area contributed by atoms with E-state index in [0.717, 1.165) is 21.7 Å². The van der Waals surface area contributed by atoms with Gasteiger partial charge in [-0.2, -0.15) is 0 Å². The Kier molecular flexibility index (Phi) is 5.20. The average molecular weight is 324 g/mol. The molecule has 1 nitrogen and oxygen atoms in total. The van der Waals surface area contributed by atoms with Crippen molar-refractivity contribution in [1.82, 2.24) is 5.32 Å². The van der Waals surface area contributed by atoms with Crippen LogP contribution < -0.4 is 5.32 Å². The first-order valence-electron chi connectivity index (χ1n) is 4.74. The lowest BCUT2D eigenvalue weighted by atomic mass is 10.2. The van der Waals surface area contributed by atoms with Gasteiger partial charge < -0.3 is 5.32 Å². The Bertz CT molecular complexity index is 299. The van der Waals surface area contributed by atoms with Crippen molar-refractivity contribution < 1.29 is 0 Å². The first-order chi connectivity index (χ1) is 6.59. The van der Waals surface area contributed by atoms with Crippen LogP contribution in [-0.4, -0.2) is 6.54 Å². The molecule has 0 radical (unpaired) electrons. The number of rotatable bonds is 4. The van der Waals surface area contributed by atoms with Crippen LogP contribution in [0.3, 0.4) is 0 Å². The lowest BCUT2D eigenvalue weighted by molar-refractivity contribution is 0.552. The van der Waals surface area contributed by atoms with Gasteiger partial charge in [-0.25, -0.2) is 0 Å². The normalized spacial score (nSPS) is 10.9. The van der Waals surface area contributed by atoms with Crippen LogP contribution >= 0.6 is 34.2 Å². The summed E-state index contributed by atoms with van der Waals surface area (Å²) in [5, 5.41) is 4.23. The lowest BCUT2D eigenvalue weighted by Crippen LogP contribution is -2.18. The number of nitrogens with one attached hydrogen (secondary N) is 1. The molecule has 14 heavy (non-hydrogen) atoms. The van der Waals surface area contributed by atoms with Gasteiger partial charge in [-0.05, 0) is 52.7 Å². The Morgan fingerprint density at radius 3 is 2.71 bits per heavy atom. The molecule has 0 heterocycles. The fraction of sp³-hybridized carbons (Fsp3) is 0.455. The molecule has 0 atom stereocenters. The van der Waals surface area contributed by atoms with Gasteiger partial charge in [0.05, 0.1) is 5.02 Å². The molecular formula is C11H15ClIN. The summed E-state index contributed by atoms with van der Waals surface area (Å²) >= 11 is 8.26. The van der Waals surface area contributed by atoms with Crippen molar-refractivity contribution in [1.29, 1.82) is 0 Å². The molecule has 3 heteroatoms. The second-order valence-corrected chi connectivity index (χ2v) is 5.34. The molecule has 0 spiro atoms. The van der Waals surface area contributed by atoms with Crippen molar-refractivity contribution in [2.45, 2.75) is 20.4 Å². The zero-order chi connectivity index (χ0) is 10.6. The van der Waals surface area contributed by atoms with Crippen LogP contribution in [0.25, 0.3) is 0 Å². The van der Waals surface area contributed by atoms with Crippen LogP contribution in [0.2, 0.25) is 5.02 Å². The first kappa shape index (κ1) is 12.3. The summed E-state index contributed by atoms with van der Waals surface area (Å²) in [6, 6.07) is 6.19. The van der Waals surface area contributed by atoms with Gasteiger partial charge >= 0.3 is 0 Å². The van der Waals surface area contributed by atoms with Crippen molar-refractivity contribution in [2.75, 3.05) is 6.54 Å². The van der Waals surface area contributed by atoms with Gasteiger partial charge in [-0.15, -0.1) is 0 Å². The minimum atomic E-state index is 0.689.